The van der Waals surface area contributed by atoms with Gasteiger partial charge in [-0.2, -0.15) is 0 Å². The van der Waals surface area contributed by atoms with Gasteiger partial charge in [0, 0.05) is 5.69 Å². The molecule has 0 spiro atoms. The van der Waals surface area contributed by atoms with E-state index in [1.807, 2.05) is 97.9 Å². The first-order valence-electron chi connectivity index (χ1n) is 10.1. The van der Waals surface area contributed by atoms with Crippen LogP contribution in [0.5, 0.6) is 11.5 Å². The first kappa shape index (κ1) is 20.8. The molecular weight excluding hydrogens is 405 g/mol. The standard InChI is InChI=1S/C26H24NO3P/c1-21-13-11-12-20-25(21)27-26(22-14-5-2-6-15-22)31(28,29-23-16-7-3-8-17-23)30-24-18-9-4-10-19-24/h2-20,26-27H,1H3/t26-/m1/s1. The molecule has 0 saturated carbocycles. The third-order valence-electron chi connectivity index (χ3n) is 4.82. The van der Waals surface area contributed by atoms with E-state index in [0.717, 1.165) is 16.8 Å². The van der Waals surface area contributed by atoms with Gasteiger partial charge in [-0.1, -0.05) is 84.9 Å². The Hall–Kier alpha value is -3.49. The molecule has 156 valence electrons. The molecule has 0 aliphatic heterocycles. The first-order valence-corrected chi connectivity index (χ1v) is 11.7. The van der Waals surface area contributed by atoms with Crippen LogP contribution in [0.3, 0.4) is 0 Å². The van der Waals surface area contributed by atoms with Gasteiger partial charge in [0.1, 0.15) is 11.5 Å². The Labute approximate surface area is 183 Å². The van der Waals surface area contributed by atoms with Crippen molar-refractivity contribution in [2.75, 3.05) is 5.32 Å². The van der Waals surface area contributed by atoms with Crippen LogP contribution in [0.15, 0.2) is 115 Å². The van der Waals surface area contributed by atoms with Crippen LogP contribution in [0.4, 0.5) is 5.69 Å². The van der Waals surface area contributed by atoms with Crippen LogP contribution < -0.4 is 14.4 Å². The molecule has 4 nitrogen and oxygen atoms in total. The summed E-state index contributed by atoms with van der Waals surface area (Å²) in [6.07, 6.45) is 0. The molecule has 4 aromatic carbocycles. The van der Waals surface area contributed by atoms with Gasteiger partial charge in [-0.05, 0) is 48.4 Å². The van der Waals surface area contributed by atoms with Gasteiger partial charge in [-0.15, -0.1) is 0 Å². The van der Waals surface area contributed by atoms with Crippen LogP contribution in [-0.4, -0.2) is 0 Å². The molecule has 0 bridgehead atoms. The fourth-order valence-electron chi connectivity index (χ4n) is 3.24. The molecule has 0 amide bonds. The summed E-state index contributed by atoms with van der Waals surface area (Å²) in [5.74, 6) is 0.235. The van der Waals surface area contributed by atoms with Gasteiger partial charge in [0.2, 0.25) is 0 Å². The Morgan fingerprint density at radius 1 is 0.645 bits per heavy atom. The van der Waals surface area contributed by atoms with Crippen molar-refractivity contribution in [2.24, 2.45) is 0 Å². The van der Waals surface area contributed by atoms with Crippen molar-refractivity contribution in [3.8, 4) is 11.5 Å². The quantitative estimate of drug-likeness (QED) is 0.295. The summed E-state index contributed by atoms with van der Waals surface area (Å²) in [5.41, 5.74) is 2.71. The molecule has 5 heteroatoms. The van der Waals surface area contributed by atoms with Crippen molar-refractivity contribution >= 4 is 13.3 Å². The second-order valence-electron chi connectivity index (χ2n) is 7.12. The van der Waals surface area contributed by atoms with Crippen molar-refractivity contribution in [1.29, 1.82) is 0 Å². The minimum Gasteiger partial charge on any atom is -0.414 e. The maximum atomic E-state index is 14.5. The summed E-state index contributed by atoms with van der Waals surface area (Å²) in [7, 11) is -3.79. The van der Waals surface area contributed by atoms with Gasteiger partial charge >= 0.3 is 7.60 Å². The normalized spacial score (nSPS) is 12.0. The van der Waals surface area contributed by atoms with E-state index in [0.29, 0.717) is 11.5 Å². The predicted molar refractivity (Wildman–Crippen MR) is 126 cm³/mol. The zero-order valence-electron chi connectivity index (χ0n) is 17.2. The highest BCUT2D eigenvalue weighted by Gasteiger charge is 2.41. The fraction of sp³-hybridized carbons (Fsp3) is 0.0769. The van der Waals surface area contributed by atoms with E-state index in [-0.39, 0.29) is 0 Å². The molecule has 0 unspecified atom stereocenters. The highest BCUT2D eigenvalue weighted by atomic mass is 31.2. The average Bonchev–Trinajstić information content (AvgIpc) is 2.80. The van der Waals surface area contributed by atoms with E-state index in [4.69, 9.17) is 9.05 Å². The molecule has 1 atom stereocenters. The maximum absolute atomic E-state index is 14.5. The largest absolute Gasteiger partial charge is 0.457 e. The lowest BCUT2D eigenvalue weighted by atomic mass is 10.2. The van der Waals surface area contributed by atoms with Crippen molar-refractivity contribution in [1.82, 2.24) is 0 Å². The molecule has 31 heavy (non-hydrogen) atoms. The molecule has 4 rings (SSSR count). The molecule has 1 N–H and O–H groups in total. The second kappa shape index (κ2) is 9.55. The molecule has 4 aromatic rings. The smallest absolute Gasteiger partial charge is 0.414 e. The Kier molecular flexibility index (Phi) is 6.40. The number of nitrogens with one attached hydrogen (secondary N) is 1. The van der Waals surface area contributed by atoms with Crippen molar-refractivity contribution in [3.63, 3.8) is 0 Å². The lowest BCUT2D eigenvalue weighted by molar-refractivity contribution is 0.376. The van der Waals surface area contributed by atoms with E-state index >= 15 is 0 Å². The summed E-state index contributed by atoms with van der Waals surface area (Å²) in [6, 6.07) is 35.7. The number of para-hydroxylation sites is 3. The zero-order chi connectivity index (χ0) is 21.5. The third-order valence-corrected chi connectivity index (χ3v) is 6.81. The van der Waals surface area contributed by atoms with Crippen LogP contribution >= 0.6 is 7.60 Å². The number of hydrogen-bond acceptors (Lipinski definition) is 4. The highest BCUT2D eigenvalue weighted by Crippen LogP contribution is 2.60. The number of hydrogen-bond donors (Lipinski definition) is 1. The zero-order valence-corrected chi connectivity index (χ0v) is 18.1. The summed E-state index contributed by atoms with van der Waals surface area (Å²) in [5, 5.41) is 3.43. The topological polar surface area (TPSA) is 47.6 Å². The minimum atomic E-state index is -3.79. The van der Waals surface area contributed by atoms with Crippen LogP contribution in [-0.2, 0) is 4.57 Å². The Balaban J connectivity index is 1.80. The van der Waals surface area contributed by atoms with E-state index in [9.17, 15) is 4.57 Å². The molecule has 0 radical (unpaired) electrons. The minimum absolute atomic E-state index is 0.481. The fourth-order valence-corrected chi connectivity index (χ4v) is 5.16. The first-order chi connectivity index (χ1) is 15.1. The van der Waals surface area contributed by atoms with Crippen molar-refractivity contribution < 1.29 is 13.6 Å². The molecule has 0 fully saturated rings. The number of rotatable bonds is 8. The molecular formula is C26H24NO3P. The van der Waals surface area contributed by atoms with Crippen molar-refractivity contribution in [3.05, 3.63) is 126 Å². The van der Waals surface area contributed by atoms with Gasteiger partial charge in [0.05, 0.1) is 0 Å². The van der Waals surface area contributed by atoms with Crippen LogP contribution in [0.2, 0.25) is 0 Å². The van der Waals surface area contributed by atoms with E-state index < -0.39 is 13.4 Å². The molecule has 0 aliphatic rings. The van der Waals surface area contributed by atoms with Crippen LogP contribution in [0.25, 0.3) is 0 Å². The van der Waals surface area contributed by atoms with Crippen LogP contribution in [0, 0.1) is 6.92 Å². The number of anilines is 1. The van der Waals surface area contributed by atoms with Crippen LogP contribution in [0.1, 0.15) is 16.9 Å². The average molecular weight is 429 g/mol. The Morgan fingerprint density at radius 2 is 1.10 bits per heavy atom. The van der Waals surface area contributed by atoms with Gasteiger partial charge in [-0.25, -0.2) is 4.57 Å². The van der Waals surface area contributed by atoms with Gasteiger partial charge < -0.3 is 14.4 Å². The lowest BCUT2D eigenvalue weighted by Gasteiger charge is -2.29. The SMILES string of the molecule is Cc1ccccc1N[C@@H](c1ccccc1)P(=O)(Oc1ccccc1)Oc1ccccc1. The van der Waals surface area contributed by atoms with Crippen molar-refractivity contribution in [2.45, 2.75) is 12.7 Å². The van der Waals surface area contributed by atoms with Gasteiger partial charge in [0.25, 0.3) is 0 Å². The van der Waals surface area contributed by atoms with E-state index in [1.54, 1.807) is 24.3 Å². The summed E-state index contributed by atoms with van der Waals surface area (Å²) in [4.78, 5) is 0. The monoisotopic (exact) mass is 429 g/mol. The highest BCUT2D eigenvalue weighted by molar-refractivity contribution is 7.55. The number of aryl methyl sites for hydroxylation is 1. The summed E-state index contributed by atoms with van der Waals surface area (Å²) >= 11 is 0. The molecule has 0 aromatic heterocycles. The third kappa shape index (κ3) is 5.17. The second-order valence-corrected chi connectivity index (χ2v) is 9.08. The van der Waals surface area contributed by atoms with E-state index in [2.05, 4.69) is 5.32 Å². The lowest BCUT2D eigenvalue weighted by Crippen LogP contribution is -2.18. The molecule has 0 saturated heterocycles. The van der Waals surface area contributed by atoms with Gasteiger partial charge in [-0.3, -0.25) is 0 Å². The summed E-state index contributed by atoms with van der Waals surface area (Å²) < 4.78 is 26.7. The maximum Gasteiger partial charge on any atom is 0.457 e. The molecule has 0 aliphatic carbocycles. The number of benzene rings is 4. The Morgan fingerprint density at radius 3 is 1.61 bits per heavy atom. The van der Waals surface area contributed by atoms with Gasteiger partial charge in [0.15, 0.2) is 5.78 Å². The molecule has 0 heterocycles. The summed E-state index contributed by atoms with van der Waals surface area (Å²) in [6.45, 7) is 2.01. The Bertz CT molecular complexity index is 1110. The van der Waals surface area contributed by atoms with E-state index in [1.165, 1.54) is 0 Å². The predicted octanol–water partition coefficient (Wildman–Crippen LogP) is 7.46.